The molecule has 5 aromatic rings. The smallest absolute Gasteiger partial charge is 0.456 e. The molecule has 0 bridgehead atoms. The second-order valence-electron chi connectivity index (χ2n) is 10.8. The average molecular weight is 458 g/mol. The van der Waals surface area contributed by atoms with Crippen molar-refractivity contribution < 1.29 is 13.7 Å². The zero-order valence-corrected chi connectivity index (χ0v) is 20.5. The fraction of sp³-hybridized carbons (Fsp3) is 0.226. The van der Waals surface area contributed by atoms with Gasteiger partial charge in [0, 0.05) is 10.8 Å². The maximum absolute atomic E-state index is 6.48. The topological polar surface area (TPSA) is 31.6 Å². The van der Waals surface area contributed by atoms with E-state index in [0.717, 1.165) is 16.6 Å². The molecule has 0 unspecified atom stereocenters. The van der Waals surface area contributed by atoms with Gasteiger partial charge in [0.05, 0.1) is 16.6 Å². The molecule has 0 amide bonds. The van der Waals surface area contributed by atoms with Crippen LogP contribution in [0.5, 0.6) is 0 Å². The van der Waals surface area contributed by atoms with Crippen LogP contribution >= 0.6 is 0 Å². The highest BCUT2D eigenvalue weighted by atomic mass is 16.7. The number of hydrogen-bond donors (Lipinski definition) is 0. The summed E-state index contributed by atoms with van der Waals surface area (Å²) in [4.78, 5) is 0. The van der Waals surface area contributed by atoms with Crippen LogP contribution in [0.3, 0.4) is 0 Å². The van der Waals surface area contributed by atoms with Gasteiger partial charge in [-0.05, 0) is 67.5 Å². The predicted octanol–water partition coefficient (Wildman–Crippen LogP) is 6.58. The Hall–Kier alpha value is -3.34. The van der Waals surface area contributed by atoms with E-state index in [2.05, 4.69) is 119 Å². The molecule has 0 atom stereocenters. The molecule has 1 aliphatic heterocycles. The van der Waals surface area contributed by atoms with E-state index in [1.807, 2.05) is 0 Å². The van der Waals surface area contributed by atoms with E-state index in [1.54, 1.807) is 0 Å². The summed E-state index contributed by atoms with van der Waals surface area (Å²) in [5, 5.41) is 2.38. The third-order valence-corrected chi connectivity index (χ3v) is 8.37. The molecular formula is C31H27BO3. The Balaban J connectivity index is 1.58. The molecule has 35 heavy (non-hydrogen) atoms. The van der Waals surface area contributed by atoms with E-state index in [1.165, 1.54) is 33.0 Å². The molecule has 172 valence electrons. The lowest BCUT2D eigenvalue weighted by Crippen LogP contribution is -2.41. The molecule has 3 nitrogen and oxygen atoms in total. The van der Waals surface area contributed by atoms with Gasteiger partial charge < -0.3 is 13.7 Å². The van der Waals surface area contributed by atoms with Crippen molar-refractivity contribution in [2.24, 2.45) is 0 Å². The molecule has 0 spiro atoms. The minimum absolute atomic E-state index is 0.415. The summed E-state index contributed by atoms with van der Waals surface area (Å²) in [6.45, 7) is 8.37. The summed E-state index contributed by atoms with van der Waals surface area (Å²) < 4.78 is 19.4. The third kappa shape index (κ3) is 2.64. The normalized spacial score (nSPS) is 19.3. The second-order valence-corrected chi connectivity index (χ2v) is 10.8. The van der Waals surface area contributed by atoms with E-state index < -0.39 is 23.7 Å². The van der Waals surface area contributed by atoms with Crippen molar-refractivity contribution in [2.75, 3.05) is 0 Å². The Bertz CT molecular complexity index is 1540. The van der Waals surface area contributed by atoms with Crippen LogP contribution in [0.4, 0.5) is 0 Å². The van der Waals surface area contributed by atoms with E-state index in [-0.39, 0.29) is 0 Å². The van der Waals surface area contributed by atoms with E-state index in [4.69, 9.17) is 13.7 Å². The molecule has 4 heteroatoms. The van der Waals surface area contributed by atoms with Gasteiger partial charge >= 0.3 is 7.12 Å². The molecule has 4 aromatic carbocycles. The van der Waals surface area contributed by atoms with Crippen LogP contribution in [-0.2, 0) is 14.7 Å². The maximum Gasteiger partial charge on any atom is 0.494 e. The van der Waals surface area contributed by atoms with Crippen LogP contribution in [0.1, 0.15) is 49.9 Å². The van der Waals surface area contributed by atoms with Crippen molar-refractivity contribution in [3.8, 4) is 0 Å². The first-order valence-electron chi connectivity index (χ1n) is 12.3. The highest BCUT2D eigenvalue weighted by molar-refractivity contribution is 6.62. The van der Waals surface area contributed by atoms with Gasteiger partial charge in [-0.1, -0.05) is 78.9 Å². The molecule has 0 radical (unpaired) electrons. The van der Waals surface area contributed by atoms with Gasteiger partial charge in [0.25, 0.3) is 0 Å². The summed E-state index contributed by atoms with van der Waals surface area (Å²) in [6, 6.07) is 32.5. The van der Waals surface area contributed by atoms with Crippen molar-refractivity contribution in [2.45, 2.75) is 44.3 Å². The lowest BCUT2D eigenvalue weighted by atomic mass is 9.66. The van der Waals surface area contributed by atoms with Crippen molar-refractivity contribution in [1.29, 1.82) is 0 Å². The first-order chi connectivity index (χ1) is 16.8. The minimum atomic E-state index is -0.464. The van der Waals surface area contributed by atoms with E-state index in [0.29, 0.717) is 0 Å². The molecule has 2 heterocycles. The third-order valence-electron chi connectivity index (χ3n) is 8.37. The molecule has 7 rings (SSSR count). The SMILES string of the molecule is CC1(C)OB(c2cc3c4c(c2)oc2cccc(c24)C3(c2ccccc2)c2ccccc2)OC1(C)C. The quantitative estimate of drug-likeness (QED) is 0.281. The van der Waals surface area contributed by atoms with E-state index >= 15 is 0 Å². The number of rotatable bonds is 3. The average Bonchev–Trinajstić information content (AvgIpc) is 3.45. The predicted molar refractivity (Wildman–Crippen MR) is 141 cm³/mol. The van der Waals surface area contributed by atoms with Crippen LogP contribution in [0.2, 0.25) is 0 Å². The highest BCUT2D eigenvalue weighted by Gasteiger charge is 2.53. The lowest BCUT2D eigenvalue weighted by Gasteiger charge is -2.34. The Kier molecular flexibility index (Phi) is 4.12. The fourth-order valence-electron chi connectivity index (χ4n) is 6.00. The van der Waals surface area contributed by atoms with Gasteiger partial charge in [0.1, 0.15) is 11.2 Å². The summed E-state index contributed by atoms with van der Waals surface area (Å²) in [5.41, 5.74) is 6.45. The van der Waals surface area contributed by atoms with Crippen LogP contribution in [-0.4, -0.2) is 18.3 Å². The molecule has 0 saturated carbocycles. The van der Waals surface area contributed by atoms with E-state index in [9.17, 15) is 0 Å². The minimum Gasteiger partial charge on any atom is -0.456 e. The second kappa shape index (κ2) is 6.87. The molecule has 1 aliphatic carbocycles. The maximum atomic E-state index is 6.48. The summed E-state index contributed by atoms with van der Waals surface area (Å²) in [5.74, 6) is 0. The largest absolute Gasteiger partial charge is 0.494 e. The first kappa shape index (κ1) is 21.0. The standard InChI is InChI=1S/C31H27BO3/c1-29(2)30(3,4)35-32(34-29)22-18-24-28-26(19-22)33-25-17-11-16-23(27(25)28)31(24,20-12-7-5-8-13-20)21-14-9-6-10-15-21/h5-19H,1-4H3. The van der Waals surface area contributed by atoms with Crippen LogP contribution in [0.15, 0.2) is 95.4 Å². The number of furan rings is 1. The Morgan fingerprint density at radius 1 is 0.571 bits per heavy atom. The van der Waals surface area contributed by atoms with Crippen molar-refractivity contribution >= 4 is 34.5 Å². The Morgan fingerprint density at radius 2 is 1.14 bits per heavy atom. The molecule has 1 saturated heterocycles. The molecule has 2 aliphatic rings. The van der Waals surface area contributed by atoms with Crippen LogP contribution in [0.25, 0.3) is 21.9 Å². The van der Waals surface area contributed by atoms with Crippen molar-refractivity contribution in [3.05, 3.63) is 113 Å². The molecule has 1 aromatic heterocycles. The van der Waals surface area contributed by atoms with Gasteiger partial charge in [-0.2, -0.15) is 0 Å². The monoisotopic (exact) mass is 458 g/mol. The molecular weight excluding hydrogens is 431 g/mol. The van der Waals surface area contributed by atoms with Gasteiger partial charge in [0.15, 0.2) is 0 Å². The fourth-order valence-corrected chi connectivity index (χ4v) is 6.00. The summed E-state index contributed by atoms with van der Waals surface area (Å²) in [6.07, 6.45) is 0. The van der Waals surface area contributed by atoms with Crippen molar-refractivity contribution in [1.82, 2.24) is 0 Å². The van der Waals surface area contributed by atoms with Crippen LogP contribution in [0, 0.1) is 0 Å². The summed E-state index contributed by atoms with van der Waals surface area (Å²) in [7, 11) is -0.464. The Labute approximate surface area is 205 Å². The molecule has 1 fully saturated rings. The first-order valence-corrected chi connectivity index (χ1v) is 12.3. The Morgan fingerprint density at radius 3 is 1.74 bits per heavy atom. The van der Waals surface area contributed by atoms with Gasteiger partial charge in [-0.25, -0.2) is 0 Å². The van der Waals surface area contributed by atoms with Gasteiger partial charge in [-0.15, -0.1) is 0 Å². The number of hydrogen-bond acceptors (Lipinski definition) is 3. The zero-order valence-electron chi connectivity index (χ0n) is 20.5. The van der Waals surface area contributed by atoms with Crippen LogP contribution < -0.4 is 5.46 Å². The van der Waals surface area contributed by atoms with Crippen molar-refractivity contribution in [3.63, 3.8) is 0 Å². The summed E-state index contributed by atoms with van der Waals surface area (Å²) >= 11 is 0. The lowest BCUT2D eigenvalue weighted by molar-refractivity contribution is 0.00578. The molecule has 0 N–H and O–H groups in total. The highest BCUT2D eigenvalue weighted by Crippen LogP contribution is 2.56. The number of benzene rings is 4. The van der Waals surface area contributed by atoms with Gasteiger partial charge in [0.2, 0.25) is 0 Å². The zero-order chi connectivity index (χ0) is 24.0. The van der Waals surface area contributed by atoms with Gasteiger partial charge in [-0.3, -0.25) is 0 Å².